The fourth-order valence-corrected chi connectivity index (χ4v) is 2.19. The molecule has 0 saturated carbocycles. The predicted octanol–water partition coefficient (Wildman–Crippen LogP) is 2.88. The maximum atomic E-state index is 12.9. The molecule has 0 aromatic heterocycles. The minimum absolute atomic E-state index is 0.00962. The lowest BCUT2D eigenvalue weighted by Crippen LogP contribution is -2.32. The number of nitrogens with two attached hydrogens (primary N) is 1. The second-order valence-electron chi connectivity index (χ2n) is 4.81. The molecule has 0 saturated heterocycles. The summed E-state index contributed by atoms with van der Waals surface area (Å²) in [6.45, 7) is 3.00. The van der Waals surface area contributed by atoms with Crippen LogP contribution in [0, 0.1) is 5.82 Å². The van der Waals surface area contributed by atoms with Crippen molar-refractivity contribution in [3.05, 3.63) is 65.5 Å². The summed E-state index contributed by atoms with van der Waals surface area (Å²) in [4.78, 5) is 14.1. The van der Waals surface area contributed by atoms with Gasteiger partial charge in [-0.2, -0.15) is 0 Å². The van der Waals surface area contributed by atoms with E-state index in [2.05, 4.69) is 0 Å². The average molecular weight is 286 g/mol. The monoisotopic (exact) mass is 286 g/mol. The molecule has 0 fully saturated rings. The zero-order valence-corrected chi connectivity index (χ0v) is 12.1. The highest BCUT2D eigenvalue weighted by molar-refractivity contribution is 5.94. The molecule has 0 spiro atoms. The van der Waals surface area contributed by atoms with Crippen LogP contribution >= 0.6 is 0 Å². The first kappa shape index (κ1) is 15.2. The third-order valence-electron chi connectivity index (χ3n) is 3.37. The number of hydrogen-bond donors (Lipinski definition) is 1. The Hall–Kier alpha value is -2.20. The molecule has 1 amide bonds. The van der Waals surface area contributed by atoms with Crippen LogP contribution in [0.5, 0.6) is 0 Å². The summed E-state index contributed by atoms with van der Waals surface area (Å²) in [7, 11) is 0. The van der Waals surface area contributed by atoms with Crippen molar-refractivity contribution in [2.24, 2.45) is 5.73 Å². The van der Waals surface area contributed by atoms with E-state index in [1.54, 1.807) is 17.0 Å². The van der Waals surface area contributed by atoms with E-state index in [0.29, 0.717) is 13.1 Å². The van der Waals surface area contributed by atoms with Gasteiger partial charge < -0.3 is 10.6 Å². The topological polar surface area (TPSA) is 46.3 Å². The van der Waals surface area contributed by atoms with Crippen molar-refractivity contribution in [1.82, 2.24) is 0 Å². The number of nitrogens with zero attached hydrogens (tertiary/aromatic N) is 1. The summed E-state index contributed by atoms with van der Waals surface area (Å²) in [5, 5.41) is 0. The molecule has 0 aliphatic carbocycles. The van der Waals surface area contributed by atoms with Gasteiger partial charge in [-0.3, -0.25) is 4.79 Å². The van der Waals surface area contributed by atoms with Gasteiger partial charge in [0.25, 0.3) is 0 Å². The molecule has 0 heterocycles. The SMILES string of the molecule is CCN(C(=O)Cc1ccc(F)cc1)c1ccc(CN)cc1. The third-order valence-corrected chi connectivity index (χ3v) is 3.37. The van der Waals surface area contributed by atoms with E-state index >= 15 is 0 Å². The Morgan fingerprint density at radius 2 is 1.62 bits per heavy atom. The quantitative estimate of drug-likeness (QED) is 0.918. The zero-order valence-electron chi connectivity index (χ0n) is 12.1. The van der Waals surface area contributed by atoms with Gasteiger partial charge in [-0.05, 0) is 42.3 Å². The first-order valence-corrected chi connectivity index (χ1v) is 6.98. The van der Waals surface area contributed by atoms with Gasteiger partial charge in [0, 0.05) is 18.8 Å². The molecule has 0 aliphatic rings. The van der Waals surface area contributed by atoms with Gasteiger partial charge in [0.2, 0.25) is 5.91 Å². The lowest BCUT2D eigenvalue weighted by Gasteiger charge is -2.21. The van der Waals surface area contributed by atoms with Gasteiger partial charge in [-0.15, -0.1) is 0 Å². The Balaban J connectivity index is 2.12. The number of rotatable bonds is 5. The van der Waals surface area contributed by atoms with E-state index in [9.17, 15) is 9.18 Å². The molecule has 0 radical (unpaired) electrons. The minimum atomic E-state index is -0.295. The van der Waals surface area contributed by atoms with Crippen LogP contribution in [-0.4, -0.2) is 12.5 Å². The van der Waals surface area contributed by atoms with Crippen molar-refractivity contribution < 1.29 is 9.18 Å². The van der Waals surface area contributed by atoms with E-state index in [-0.39, 0.29) is 18.1 Å². The van der Waals surface area contributed by atoms with Crippen molar-refractivity contribution in [3.63, 3.8) is 0 Å². The number of amides is 1. The zero-order chi connectivity index (χ0) is 15.2. The van der Waals surface area contributed by atoms with Gasteiger partial charge in [0.15, 0.2) is 0 Å². The Labute approximate surface area is 124 Å². The van der Waals surface area contributed by atoms with Crippen LogP contribution in [-0.2, 0) is 17.8 Å². The maximum absolute atomic E-state index is 12.9. The molecule has 3 nitrogen and oxygen atoms in total. The highest BCUT2D eigenvalue weighted by Gasteiger charge is 2.14. The third kappa shape index (κ3) is 3.89. The van der Waals surface area contributed by atoms with Gasteiger partial charge in [-0.25, -0.2) is 4.39 Å². The smallest absolute Gasteiger partial charge is 0.231 e. The molecular weight excluding hydrogens is 267 g/mol. The number of anilines is 1. The van der Waals surface area contributed by atoms with Crippen LogP contribution in [0.4, 0.5) is 10.1 Å². The van der Waals surface area contributed by atoms with Crippen molar-refractivity contribution in [3.8, 4) is 0 Å². The lowest BCUT2D eigenvalue weighted by molar-refractivity contribution is -0.117. The van der Waals surface area contributed by atoms with Crippen LogP contribution < -0.4 is 10.6 Å². The normalized spacial score (nSPS) is 10.4. The summed E-state index contributed by atoms with van der Waals surface area (Å²) >= 11 is 0. The second-order valence-corrected chi connectivity index (χ2v) is 4.81. The number of benzene rings is 2. The molecular formula is C17H19FN2O. The van der Waals surface area contributed by atoms with Gasteiger partial charge >= 0.3 is 0 Å². The van der Waals surface area contributed by atoms with Gasteiger partial charge in [0.05, 0.1) is 6.42 Å². The van der Waals surface area contributed by atoms with E-state index in [1.807, 2.05) is 31.2 Å². The molecule has 0 aliphatic heterocycles. The summed E-state index contributed by atoms with van der Waals surface area (Å²) in [5.74, 6) is -0.305. The molecule has 21 heavy (non-hydrogen) atoms. The summed E-state index contributed by atoms with van der Waals surface area (Å²) in [6, 6.07) is 13.6. The lowest BCUT2D eigenvalue weighted by atomic mass is 10.1. The van der Waals surface area contributed by atoms with E-state index in [0.717, 1.165) is 16.8 Å². The molecule has 0 bridgehead atoms. The van der Waals surface area contributed by atoms with E-state index in [4.69, 9.17) is 5.73 Å². The maximum Gasteiger partial charge on any atom is 0.231 e. The first-order valence-electron chi connectivity index (χ1n) is 6.98. The van der Waals surface area contributed by atoms with Crippen LogP contribution in [0.15, 0.2) is 48.5 Å². The number of hydrogen-bond acceptors (Lipinski definition) is 2. The van der Waals surface area contributed by atoms with Crippen LogP contribution in [0.2, 0.25) is 0 Å². The number of carbonyl (C=O) groups is 1. The van der Waals surface area contributed by atoms with Gasteiger partial charge in [0.1, 0.15) is 5.82 Å². The number of likely N-dealkylation sites (N-methyl/N-ethyl adjacent to an activating group) is 1. The molecule has 2 N–H and O–H groups in total. The molecule has 0 unspecified atom stereocenters. The minimum Gasteiger partial charge on any atom is -0.326 e. The molecule has 0 atom stereocenters. The largest absolute Gasteiger partial charge is 0.326 e. The van der Waals surface area contributed by atoms with Crippen LogP contribution in [0.25, 0.3) is 0 Å². The average Bonchev–Trinajstić information content (AvgIpc) is 2.51. The Kier molecular flexibility index (Phi) is 5.06. The Bertz CT molecular complexity index is 593. The van der Waals surface area contributed by atoms with E-state index < -0.39 is 0 Å². The summed E-state index contributed by atoms with van der Waals surface area (Å²) < 4.78 is 12.9. The molecule has 110 valence electrons. The fraction of sp³-hybridized carbons (Fsp3) is 0.235. The predicted molar refractivity (Wildman–Crippen MR) is 82.5 cm³/mol. The highest BCUT2D eigenvalue weighted by atomic mass is 19.1. The molecule has 4 heteroatoms. The fourth-order valence-electron chi connectivity index (χ4n) is 2.19. The van der Waals surface area contributed by atoms with Crippen molar-refractivity contribution >= 4 is 11.6 Å². The van der Waals surface area contributed by atoms with Crippen LogP contribution in [0.1, 0.15) is 18.1 Å². The van der Waals surface area contributed by atoms with Crippen LogP contribution in [0.3, 0.4) is 0 Å². The Morgan fingerprint density at radius 3 is 2.14 bits per heavy atom. The highest BCUT2D eigenvalue weighted by Crippen LogP contribution is 2.17. The standard InChI is InChI=1S/C17H19FN2O/c1-2-20(16-9-5-14(12-19)6-10-16)17(21)11-13-3-7-15(18)8-4-13/h3-10H,2,11-12,19H2,1H3. The molecule has 2 rings (SSSR count). The molecule has 2 aromatic rings. The number of carbonyl (C=O) groups excluding carboxylic acids is 1. The van der Waals surface area contributed by atoms with Crippen molar-refractivity contribution in [1.29, 1.82) is 0 Å². The summed E-state index contributed by atoms with van der Waals surface area (Å²) in [5.41, 5.74) is 8.25. The van der Waals surface area contributed by atoms with Gasteiger partial charge in [-0.1, -0.05) is 24.3 Å². The number of halogens is 1. The van der Waals surface area contributed by atoms with E-state index in [1.165, 1.54) is 12.1 Å². The second kappa shape index (κ2) is 6.99. The van der Waals surface area contributed by atoms with Crippen molar-refractivity contribution in [2.45, 2.75) is 19.9 Å². The molecule has 2 aromatic carbocycles. The summed E-state index contributed by atoms with van der Waals surface area (Å²) in [6.07, 6.45) is 0.257. The Morgan fingerprint density at radius 1 is 1.05 bits per heavy atom. The first-order chi connectivity index (χ1) is 10.1. The van der Waals surface area contributed by atoms with Crippen molar-refractivity contribution in [2.75, 3.05) is 11.4 Å².